The third kappa shape index (κ3) is 4.22. The highest BCUT2D eigenvalue weighted by molar-refractivity contribution is 7.91. The minimum Gasteiger partial charge on any atom is -0.326 e. The van der Waals surface area contributed by atoms with Crippen molar-refractivity contribution in [2.45, 2.75) is 24.8 Å². The number of aryl methyl sites for hydroxylation is 1. The first kappa shape index (κ1) is 18.8. The summed E-state index contributed by atoms with van der Waals surface area (Å²) in [5, 5.41) is 3.20. The molecule has 0 fully saturated rings. The van der Waals surface area contributed by atoms with E-state index in [1.165, 1.54) is 23.0 Å². The Bertz CT molecular complexity index is 1140. The number of rotatable bonds is 6. The molecular weight excluding hydrogens is 366 g/mol. The number of nitrogens with one attached hydrogen (secondary N) is 1. The number of benzene rings is 2. The molecule has 0 aliphatic rings. The number of amides is 1. The van der Waals surface area contributed by atoms with Crippen molar-refractivity contribution >= 4 is 32.3 Å². The second-order valence-corrected chi connectivity index (χ2v) is 8.26. The average molecular weight is 385 g/mol. The predicted molar refractivity (Wildman–Crippen MR) is 103 cm³/mol. The quantitative estimate of drug-likeness (QED) is 0.702. The van der Waals surface area contributed by atoms with E-state index in [1.807, 2.05) is 6.07 Å². The second-order valence-electron chi connectivity index (χ2n) is 5.99. The molecule has 27 heavy (non-hydrogen) atoms. The summed E-state index contributed by atoms with van der Waals surface area (Å²) in [6.07, 6.45) is 1.53. The number of nitrogens with zero attached hydrogens (tertiary/aromatic N) is 2. The number of carbonyl (C=O) groups is 1. The molecule has 1 N–H and O–H groups in total. The lowest BCUT2D eigenvalue weighted by Crippen LogP contribution is -2.23. The molecule has 8 heteroatoms. The van der Waals surface area contributed by atoms with Gasteiger partial charge in [0.05, 0.1) is 27.9 Å². The summed E-state index contributed by atoms with van der Waals surface area (Å²) in [5.74, 6) is -0.256. The van der Waals surface area contributed by atoms with Crippen LogP contribution in [0.4, 0.5) is 5.69 Å². The van der Waals surface area contributed by atoms with Crippen LogP contribution < -0.4 is 10.9 Å². The molecular formula is C19H19N3O4S. The Morgan fingerprint density at radius 3 is 2.52 bits per heavy atom. The van der Waals surface area contributed by atoms with E-state index in [1.54, 1.807) is 37.3 Å². The molecule has 2 aromatic carbocycles. The lowest BCUT2D eigenvalue weighted by molar-refractivity contribution is -0.116. The van der Waals surface area contributed by atoms with Crippen molar-refractivity contribution in [3.63, 3.8) is 0 Å². The molecule has 1 aromatic heterocycles. The number of sulfone groups is 1. The van der Waals surface area contributed by atoms with Gasteiger partial charge in [-0.2, -0.15) is 0 Å². The van der Waals surface area contributed by atoms with Crippen molar-refractivity contribution in [2.24, 2.45) is 0 Å². The number of anilines is 1. The maximum atomic E-state index is 12.4. The van der Waals surface area contributed by atoms with Gasteiger partial charge in [-0.3, -0.25) is 14.2 Å². The number of hydrogen-bond acceptors (Lipinski definition) is 5. The summed E-state index contributed by atoms with van der Waals surface area (Å²) in [5.41, 5.74) is 0.923. The normalized spacial score (nSPS) is 11.4. The molecule has 7 nitrogen and oxygen atoms in total. The number of aromatic nitrogens is 2. The molecule has 0 bridgehead atoms. The van der Waals surface area contributed by atoms with Gasteiger partial charge in [-0.1, -0.05) is 19.1 Å². The molecule has 0 radical (unpaired) electrons. The number of carbonyl (C=O) groups excluding carboxylic acids is 1. The Kier molecular flexibility index (Phi) is 5.36. The first-order chi connectivity index (χ1) is 12.9. The molecule has 0 spiro atoms. The van der Waals surface area contributed by atoms with Gasteiger partial charge in [0.1, 0.15) is 0 Å². The Morgan fingerprint density at radius 1 is 1.11 bits per heavy atom. The highest BCUT2D eigenvalue weighted by Crippen LogP contribution is 2.15. The summed E-state index contributed by atoms with van der Waals surface area (Å²) >= 11 is 0. The zero-order chi connectivity index (χ0) is 19.4. The van der Waals surface area contributed by atoms with E-state index < -0.39 is 9.84 Å². The molecule has 0 aliphatic carbocycles. The van der Waals surface area contributed by atoms with Crippen molar-refractivity contribution in [3.8, 4) is 0 Å². The van der Waals surface area contributed by atoms with E-state index in [0.29, 0.717) is 16.6 Å². The fraction of sp³-hybridized carbons (Fsp3) is 0.211. The minimum absolute atomic E-state index is 0.0211. The zero-order valence-electron chi connectivity index (χ0n) is 14.8. The summed E-state index contributed by atoms with van der Waals surface area (Å²) in [6.45, 7) is 1.78. The molecule has 1 heterocycles. The highest BCUT2D eigenvalue weighted by atomic mass is 32.2. The smallest absolute Gasteiger partial charge is 0.261 e. The molecule has 0 saturated heterocycles. The van der Waals surface area contributed by atoms with Gasteiger partial charge in [-0.25, -0.2) is 13.4 Å². The van der Waals surface area contributed by atoms with Crippen molar-refractivity contribution in [1.82, 2.24) is 9.55 Å². The van der Waals surface area contributed by atoms with Gasteiger partial charge in [0, 0.05) is 18.7 Å². The van der Waals surface area contributed by atoms with Crippen molar-refractivity contribution in [1.29, 1.82) is 0 Å². The molecule has 0 atom stereocenters. The SMILES string of the molecule is CCS(=O)(=O)c1ccc(NC(=O)CCn2cnc3ccccc3c2=O)cc1. The van der Waals surface area contributed by atoms with E-state index >= 15 is 0 Å². The summed E-state index contributed by atoms with van der Waals surface area (Å²) in [4.78, 5) is 29.0. The van der Waals surface area contributed by atoms with E-state index in [-0.39, 0.29) is 35.1 Å². The summed E-state index contributed by atoms with van der Waals surface area (Å²) in [7, 11) is -3.27. The van der Waals surface area contributed by atoms with Gasteiger partial charge in [0.2, 0.25) is 5.91 Å². The van der Waals surface area contributed by atoms with Gasteiger partial charge in [0.25, 0.3) is 5.56 Å². The van der Waals surface area contributed by atoms with Crippen LogP contribution in [0.3, 0.4) is 0 Å². The maximum Gasteiger partial charge on any atom is 0.261 e. The fourth-order valence-electron chi connectivity index (χ4n) is 2.62. The zero-order valence-corrected chi connectivity index (χ0v) is 15.6. The molecule has 1 amide bonds. The van der Waals surface area contributed by atoms with Crippen molar-refractivity contribution in [2.75, 3.05) is 11.1 Å². The fourth-order valence-corrected chi connectivity index (χ4v) is 3.51. The predicted octanol–water partition coefficient (Wildman–Crippen LogP) is 2.22. The lowest BCUT2D eigenvalue weighted by Gasteiger charge is -2.08. The first-order valence-electron chi connectivity index (χ1n) is 8.47. The average Bonchev–Trinajstić information content (AvgIpc) is 2.68. The summed E-state index contributed by atoms with van der Waals surface area (Å²) < 4.78 is 25.0. The van der Waals surface area contributed by atoms with Gasteiger partial charge >= 0.3 is 0 Å². The van der Waals surface area contributed by atoms with Crippen molar-refractivity contribution < 1.29 is 13.2 Å². The Labute approximate surface area is 156 Å². The van der Waals surface area contributed by atoms with Crippen LogP contribution >= 0.6 is 0 Å². The van der Waals surface area contributed by atoms with Crippen LogP contribution in [0.15, 0.2) is 64.5 Å². The van der Waals surface area contributed by atoms with Crippen LogP contribution in [0.25, 0.3) is 10.9 Å². The van der Waals surface area contributed by atoms with E-state index in [4.69, 9.17) is 0 Å². The van der Waals surface area contributed by atoms with Gasteiger partial charge < -0.3 is 5.32 Å². The van der Waals surface area contributed by atoms with Crippen LogP contribution in [0.1, 0.15) is 13.3 Å². The number of hydrogen-bond donors (Lipinski definition) is 1. The van der Waals surface area contributed by atoms with E-state index in [0.717, 1.165) is 0 Å². The van der Waals surface area contributed by atoms with Crippen molar-refractivity contribution in [3.05, 3.63) is 65.2 Å². The lowest BCUT2D eigenvalue weighted by atomic mass is 10.2. The monoisotopic (exact) mass is 385 g/mol. The van der Waals surface area contributed by atoms with Gasteiger partial charge in [-0.05, 0) is 36.4 Å². The van der Waals surface area contributed by atoms with Crippen LogP contribution in [-0.2, 0) is 21.2 Å². The van der Waals surface area contributed by atoms with Gasteiger partial charge in [-0.15, -0.1) is 0 Å². The van der Waals surface area contributed by atoms with Crippen LogP contribution in [0.5, 0.6) is 0 Å². The third-order valence-electron chi connectivity index (χ3n) is 4.19. The summed E-state index contributed by atoms with van der Waals surface area (Å²) in [6, 6.07) is 13.1. The Hall–Kier alpha value is -3.00. The standard InChI is InChI=1S/C19H19N3O4S/c1-2-27(25,26)15-9-7-14(8-10-15)21-18(23)11-12-22-13-20-17-6-4-3-5-16(17)19(22)24/h3-10,13H,2,11-12H2,1H3,(H,21,23). The van der Waals surface area contributed by atoms with Gasteiger partial charge in [0.15, 0.2) is 9.84 Å². The molecule has 0 unspecified atom stereocenters. The molecule has 3 aromatic rings. The van der Waals surface area contributed by atoms with Crippen LogP contribution in [0, 0.1) is 0 Å². The molecule has 3 rings (SSSR count). The Balaban J connectivity index is 1.65. The van der Waals surface area contributed by atoms with E-state index in [2.05, 4.69) is 10.3 Å². The Morgan fingerprint density at radius 2 is 1.81 bits per heavy atom. The second kappa shape index (κ2) is 7.71. The third-order valence-corrected chi connectivity index (χ3v) is 5.94. The van der Waals surface area contributed by atoms with E-state index in [9.17, 15) is 18.0 Å². The molecule has 0 aliphatic heterocycles. The van der Waals surface area contributed by atoms with Crippen LogP contribution in [0.2, 0.25) is 0 Å². The van der Waals surface area contributed by atoms with Crippen LogP contribution in [-0.4, -0.2) is 29.6 Å². The first-order valence-corrected chi connectivity index (χ1v) is 10.1. The minimum atomic E-state index is -3.27. The number of para-hydroxylation sites is 1. The maximum absolute atomic E-state index is 12.4. The molecule has 0 saturated carbocycles. The topological polar surface area (TPSA) is 98.1 Å². The molecule has 140 valence electrons. The highest BCUT2D eigenvalue weighted by Gasteiger charge is 2.11. The largest absolute Gasteiger partial charge is 0.326 e. The number of fused-ring (bicyclic) bond motifs is 1.